The fourth-order valence-electron chi connectivity index (χ4n) is 2.24. The fourth-order valence-corrected chi connectivity index (χ4v) is 2.24. The van der Waals surface area contributed by atoms with Gasteiger partial charge in [0.1, 0.15) is 5.71 Å². The van der Waals surface area contributed by atoms with Crippen molar-refractivity contribution in [2.24, 2.45) is 5.10 Å². The van der Waals surface area contributed by atoms with E-state index in [0.717, 1.165) is 11.4 Å². The molecule has 1 aromatic carbocycles. The van der Waals surface area contributed by atoms with Crippen molar-refractivity contribution < 1.29 is 9.36 Å². The summed E-state index contributed by atoms with van der Waals surface area (Å²) in [5, 5.41) is 5.85. The third-order valence-corrected chi connectivity index (χ3v) is 3.13. The average molecular weight is 252 g/mol. The summed E-state index contributed by atoms with van der Waals surface area (Å²) in [7, 11) is 0. The van der Waals surface area contributed by atoms with Crippen LogP contribution in [-0.4, -0.2) is 11.6 Å². The van der Waals surface area contributed by atoms with Gasteiger partial charge in [0, 0.05) is 12.1 Å². The largest absolute Gasteiger partial charge is 0.322 e. The predicted octanol–water partition coefficient (Wildman–Crippen LogP) is 1.94. The molecule has 1 aliphatic heterocycles. The van der Waals surface area contributed by atoms with Crippen LogP contribution in [0.25, 0.3) is 0 Å². The van der Waals surface area contributed by atoms with Crippen LogP contribution >= 0.6 is 0 Å². The molecule has 1 aromatic heterocycles. The number of benzene rings is 1. The summed E-state index contributed by atoms with van der Waals surface area (Å²) in [5.41, 5.74) is 1.59. The van der Waals surface area contributed by atoms with Gasteiger partial charge in [-0.15, -0.1) is 0 Å². The van der Waals surface area contributed by atoms with Crippen LogP contribution in [0.1, 0.15) is 13.0 Å². The van der Waals surface area contributed by atoms with Gasteiger partial charge in [-0.3, -0.25) is 4.79 Å². The van der Waals surface area contributed by atoms with E-state index in [1.165, 1.54) is 5.01 Å². The van der Waals surface area contributed by atoms with E-state index < -0.39 is 0 Å². The number of hydrazone groups is 1. The number of rotatable bonds is 2. The SMILES string of the molecule is CC1=NN(c2ccccc2)C(=O)[C@H]1[n+]1ccccc1. The molecule has 1 amide bonds. The standard InChI is InChI=1S/C15H14N3O/c1-12-14(17-10-6-3-7-11-17)15(19)18(16-12)13-8-4-2-5-9-13/h2-11,14H,1H3/q+1/t14-/m0/s1. The highest BCUT2D eigenvalue weighted by Crippen LogP contribution is 2.23. The highest BCUT2D eigenvalue weighted by atomic mass is 16.2. The summed E-state index contributed by atoms with van der Waals surface area (Å²) < 4.78 is 1.88. The lowest BCUT2D eigenvalue weighted by Crippen LogP contribution is -2.47. The predicted molar refractivity (Wildman–Crippen MR) is 72.7 cm³/mol. The van der Waals surface area contributed by atoms with Crippen LogP contribution in [0.5, 0.6) is 0 Å². The van der Waals surface area contributed by atoms with Crippen molar-refractivity contribution in [1.82, 2.24) is 0 Å². The number of nitrogens with zero attached hydrogens (tertiary/aromatic N) is 3. The smallest absolute Gasteiger partial charge is 0.264 e. The Morgan fingerprint density at radius 1 is 1.05 bits per heavy atom. The van der Waals surface area contributed by atoms with Crippen LogP contribution in [0.3, 0.4) is 0 Å². The second-order valence-electron chi connectivity index (χ2n) is 4.45. The Bertz CT molecular complexity index is 622. The van der Waals surface area contributed by atoms with E-state index >= 15 is 0 Å². The van der Waals surface area contributed by atoms with E-state index in [-0.39, 0.29) is 11.9 Å². The first-order chi connectivity index (χ1) is 9.27. The third-order valence-electron chi connectivity index (χ3n) is 3.13. The summed E-state index contributed by atoms with van der Waals surface area (Å²) in [6.07, 6.45) is 3.77. The maximum absolute atomic E-state index is 12.5. The lowest BCUT2D eigenvalue weighted by atomic mass is 10.2. The Labute approximate surface area is 111 Å². The van der Waals surface area contributed by atoms with Crippen LogP contribution < -0.4 is 9.58 Å². The van der Waals surface area contributed by atoms with Crippen molar-refractivity contribution in [2.75, 3.05) is 5.01 Å². The number of hydrogen-bond donors (Lipinski definition) is 0. The molecule has 0 bridgehead atoms. The zero-order valence-electron chi connectivity index (χ0n) is 10.6. The summed E-state index contributed by atoms with van der Waals surface area (Å²) in [6, 6.07) is 14.9. The first kappa shape index (κ1) is 11.6. The van der Waals surface area contributed by atoms with E-state index in [1.54, 1.807) is 0 Å². The first-order valence-corrected chi connectivity index (χ1v) is 6.17. The van der Waals surface area contributed by atoms with Crippen LogP contribution in [0.4, 0.5) is 5.69 Å². The van der Waals surface area contributed by atoms with E-state index in [9.17, 15) is 4.79 Å². The molecule has 0 saturated heterocycles. The minimum atomic E-state index is -0.346. The highest BCUT2D eigenvalue weighted by Gasteiger charge is 2.41. The van der Waals surface area contributed by atoms with E-state index in [1.807, 2.05) is 72.4 Å². The molecule has 0 aliphatic carbocycles. The molecule has 0 spiro atoms. The molecular formula is C15H14N3O+. The van der Waals surface area contributed by atoms with Crippen LogP contribution in [-0.2, 0) is 4.79 Å². The molecule has 0 fully saturated rings. The first-order valence-electron chi connectivity index (χ1n) is 6.17. The van der Waals surface area contributed by atoms with Crippen molar-refractivity contribution in [3.8, 4) is 0 Å². The zero-order valence-corrected chi connectivity index (χ0v) is 10.6. The van der Waals surface area contributed by atoms with Crippen molar-refractivity contribution in [1.29, 1.82) is 0 Å². The Hall–Kier alpha value is -2.49. The maximum Gasteiger partial charge on any atom is 0.322 e. The molecule has 1 atom stereocenters. The Kier molecular flexibility index (Phi) is 2.83. The van der Waals surface area contributed by atoms with Crippen LogP contribution in [0.15, 0.2) is 66.0 Å². The summed E-state index contributed by atoms with van der Waals surface area (Å²) >= 11 is 0. The number of carbonyl (C=O) groups is 1. The molecule has 0 N–H and O–H groups in total. The number of amides is 1. The van der Waals surface area contributed by atoms with Gasteiger partial charge in [0.25, 0.3) is 6.04 Å². The summed E-state index contributed by atoms with van der Waals surface area (Å²) in [5.74, 6) is -0.0279. The van der Waals surface area contributed by atoms with Gasteiger partial charge in [0.15, 0.2) is 12.4 Å². The molecular weight excluding hydrogens is 238 g/mol. The topological polar surface area (TPSA) is 36.6 Å². The van der Waals surface area contributed by atoms with Crippen molar-refractivity contribution in [2.45, 2.75) is 13.0 Å². The van der Waals surface area contributed by atoms with Gasteiger partial charge < -0.3 is 0 Å². The van der Waals surface area contributed by atoms with Crippen molar-refractivity contribution >= 4 is 17.3 Å². The normalized spacial score (nSPS) is 18.6. The van der Waals surface area contributed by atoms with Crippen molar-refractivity contribution in [3.05, 3.63) is 60.9 Å². The number of carbonyl (C=O) groups excluding carboxylic acids is 1. The van der Waals surface area contributed by atoms with Gasteiger partial charge >= 0.3 is 5.91 Å². The molecule has 19 heavy (non-hydrogen) atoms. The maximum atomic E-state index is 12.5. The molecule has 4 heteroatoms. The average Bonchev–Trinajstić information content (AvgIpc) is 2.76. The van der Waals surface area contributed by atoms with Crippen molar-refractivity contribution in [3.63, 3.8) is 0 Å². The monoisotopic (exact) mass is 252 g/mol. The van der Waals surface area contributed by atoms with Gasteiger partial charge in [0.2, 0.25) is 0 Å². The second-order valence-corrected chi connectivity index (χ2v) is 4.45. The number of aromatic nitrogens is 1. The molecule has 0 saturated carbocycles. The van der Waals surface area contributed by atoms with Gasteiger partial charge in [-0.1, -0.05) is 24.3 Å². The third kappa shape index (κ3) is 2.01. The minimum absolute atomic E-state index is 0.0279. The quantitative estimate of drug-likeness (QED) is 0.752. The van der Waals surface area contributed by atoms with Gasteiger partial charge in [0.05, 0.1) is 5.69 Å². The Morgan fingerprint density at radius 3 is 2.37 bits per heavy atom. The fraction of sp³-hybridized carbons (Fsp3) is 0.133. The summed E-state index contributed by atoms with van der Waals surface area (Å²) in [6.45, 7) is 1.88. The number of anilines is 1. The van der Waals surface area contributed by atoms with Crippen LogP contribution in [0, 0.1) is 0 Å². The molecule has 94 valence electrons. The minimum Gasteiger partial charge on any atom is -0.264 e. The molecule has 1 aliphatic rings. The Balaban J connectivity index is 1.96. The van der Waals surface area contributed by atoms with Gasteiger partial charge in [-0.2, -0.15) is 14.7 Å². The Morgan fingerprint density at radius 2 is 1.68 bits per heavy atom. The van der Waals surface area contributed by atoms with Crippen LogP contribution in [0.2, 0.25) is 0 Å². The van der Waals surface area contributed by atoms with E-state index in [0.29, 0.717) is 0 Å². The molecule has 2 heterocycles. The molecule has 0 radical (unpaired) electrons. The molecule has 0 unspecified atom stereocenters. The molecule has 3 rings (SSSR count). The zero-order chi connectivity index (χ0) is 13.2. The van der Waals surface area contributed by atoms with Gasteiger partial charge in [-0.05, 0) is 19.1 Å². The number of pyridine rings is 1. The summed E-state index contributed by atoms with van der Waals surface area (Å²) in [4.78, 5) is 12.5. The molecule has 2 aromatic rings. The lowest BCUT2D eigenvalue weighted by molar-refractivity contribution is -0.693. The van der Waals surface area contributed by atoms with E-state index in [4.69, 9.17) is 0 Å². The number of para-hydroxylation sites is 1. The highest BCUT2D eigenvalue weighted by molar-refractivity contribution is 6.15. The lowest BCUT2D eigenvalue weighted by Gasteiger charge is -2.11. The van der Waals surface area contributed by atoms with E-state index in [2.05, 4.69) is 5.10 Å². The molecule has 4 nitrogen and oxygen atoms in total. The van der Waals surface area contributed by atoms with Gasteiger partial charge in [-0.25, -0.2) is 0 Å². The number of hydrogen-bond acceptors (Lipinski definition) is 2. The second kappa shape index (κ2) is 4.65.